The van der Waals surface area contributed by atoms with Crippen LogP contribution >= 0.6 is 0 Å². The van der Waals surface area contributed by atoms with Gasteiger partial charge in [0.05, 0.1) is 0 Å². The van der Waals surface area contributed by atoms with Crippen molar-refractivity contribution in [2.24, 2.45) is 11.8 Å². The van der Waals surface area contributed by atoms with E-state index in [-0.39, 0.29) is 5.41 Å². The molecular formula is C33H35N. The van der Waals surface area contributed by atoms with Gasteiger partial charge in [0.2, 0.25) is 0 Å². The number of para-hydroxylation sites is 2. The molecule has 0 heterocycles. The predicted octanol–water partition coefficient (Wildman–Crippen LogP) is 9.52. The maximum atomic E-state index is 2.49. The topological polar surface area (TPSA) is 3.24 Å². The maximum absolute atomic E-state index is 2.49. The molecule has 0 saturated heterocycles. The Kier molecular flexibility index (Phi) is 6.04. The molecule has 1 heteroatoms. The SMILES string of the molecule is CC(C)CC1(CC(C)C)c2ccccc2-c2ccc(N(c3ccccc3)c3ccccc3)cc21. The third-order valence-corrected chi connectivity index (χ3v) is 7.05. The molecule has 1 aliphatic carbocycles. The quantitative estimate of drug-likeness (QED) is 0.274. The average Bonchev–Trinajstić information content (AvgIpc) is 3.09. The van der Waals surface area contributed by atoms with Gasteiger partial charge in [-0.25, -0.2) is 0 Å². The Bertz CT molecular complexity index is 1200. The first-order chi connectivity index (χ1) is 16.5. The molecule has 0 unspecified atom stereocenters. The van der Waals surface area contributed by atoms with Crippen molar-refractivity contribution in [3.8, 4) is 11.1 Å². The van der Waals surface area contributed by atoms with E-state index in [9.17, 15) is 0 Å². The zero-order valence-corrected chi connectivity index (χ0v) is 20.8. The number of nitrogens with zero attached hydrogens (tertiary/aromatic N) is 1. The van der Waals surface area contributed by atoms with Gasteiger partial charge in [-0.05, 0) is 83.3 Å². The summed E-state index contributed by atoms with van der Waals surface area (Å²) in [5.41, 5.74) is 9.45. The summed E-state index contributed by atoms with van der Waals surface area (Å²) >= 11 is 0. The lowest BCUT2D eigenvalue weighted by Gasteiger charge is -2.36. The molecule has 0 bridgehead atoms. The van der Waals surface area contributed by atoms with Gasteiger partial charge in [0.1, 0.15) is 0 Å². The summed E-state index contributed by atoms with van der Waals surface area (Å²) in [5.74, 6) is 1.22. The third kappa shape index (κ3) is 3.94. The summed E-state index contributed by atoms with van der Waals surface area (Å²) < 4.78 is 0. The number of hydrogen-bond donors (Lipinski definition) is 0. The Morgan fingerprint density at radius 2 is 1.03 bits per heavy atom. The monoisotopic (exact) mass is 445 g/mol. The highest BCUT2D eigenvalue weighted by Gasteiger charge is 2.43. The van der Waals surface area contributed by atoms with Gasteiger partial charge in [-0.1, -0.05) is 94.4 Å². The molecule has 0 atom stereocenters. The van der Waals surface area contributed by atoms with Crippen molar-refractivity contribution in [3.63, 3.8) is 0 Å². The van der Waals surface area contributed by atoms with Gasteiger partial charge in [0.15, 0.2) is 0 Å². The second-order valence-corrected chi connectivity index (χ2v) is 10.6. The number of benzene rings is 4. The highest BCUT2D eigenvalue weighted by molar-refractivity contribution is 5.85. The second-order valence-electron chi connectivity index (χ2n) is 10.6. The molecule has 0 aromatic heterocycles. The summed E-state index contributed by atoms with van der Waals surface area (Å²) in [5, 5.41) is 0. The number of fused-ring (bicyclic) bond motifs is 3. The molecule has 4 aromatic rings. The van der Waals surface area contributed by atoms with E-state index >= 15 is 0 Å². The van der Waals surface area contributed by atoms with Crippen LogP contribution in [0.3, 0.4) is 0 Å². The Morgan fingerprint density at radius 1 is 0.529 bits per heavy atom. The Balaban J connectivity index is 1.74. The smallest absolute Gasteiger partial charge is 0.0465 e. The normalized spacial score (nSPS) is 13.7. The number of hydrogen-bond acceptors (Lipinski definition) is 1. The molecule has 172 valence electrons. The zero-order valence-electron chi connectivity index (χ0n) is 20.8. The molecule has 34 heavy (non-hydrogen) atoms. The van der Waals surface area contributed by atoms with Crippen LogP contribution in [0.1, 0.15) is 51.7 Å². The molecule has 0 fully saturated rings. The molecule has 0 N–H and O–H groups in total. The maximum Gasteiger partial charge on any atom is 0.0465 e. The molecule has 5 rings (SSSR count). The largest absolute Gasteiger partial charge is 0.310 e. The fourth-order valence-electron chi connectivity index (χ4n) is 6.10. The highest BCUT2D eigenvalue weighted by Crippen LogP contribution is 2.56. The lowest BCUT2D eigenvalue weighted by Crippen LogP contribution is -2.29. The van der Waals surface area contributed by atoms with Crippen LogP contribution in [0, 0.1) is 11.8 Å². The van der Waals surface area contributed by atoms with E-state index in [0.717, 1.165) is 12.8 Å². The molecule has 1 aliphatic rings. The van der Waals surface area contributed by atoms with Crippen molar-refractivity contribution in [3.05, 3.63) is 114 Å². The van der Waals surface area contributed by atoms with Crippen LogP contribution in [0.2, 0.25) is 0 Å². The summed E-state index contributed by atoms with van der Waals surface area (Å²) in [6.45, 7) is 9.47. The molecule has 0 saturated carbocycles. The van der Waals surface area contributed by atoms with Crippen molar-refractivity contribution in [1.29, 1.82) is 0 Å². The fraction of sp³-hybridized carbons (Fsp3) is 0.273. The first-order valence-electron chi connectivity index (χ1n) is 12.6. The molecule has 4 aromatic carbocycles. The third-order valence-electron chi connectivity index (χ3n) is 7.05. The van der Waals surface area contributed by atoms with Crippen molar-refractivity contribution >= 4 is 17.1 Å². The Hall–Kier alpha value is -3.32. The van der Waals surface area contributed by atoms with Crippen LogP contribution < -0.4 is 4.90 Å². The summed E-state index contributed by atoms with van der Waals surface area (Å²) in [7, 11) is 0. The molecule has 0 aliphatic heterocycles. The van der Waals surface area contributed by atoms with Gasteiger partial charge in [0.25, 0.3) is 0 Å². The summed E-state index contributed by atoms with van der Waals surface area (Å²) in [4.78, 5) is 2.39. The molecule has 0 radical (unpaired) electrons. The van der Waals surface area contributed by atoms with Crippen LogP contribution in [-0.2, 0) is 5.41 Å². The van der Waals surface area contributed by atoms with Crippen molar-refractivity contribution in [1.82, 2.24) is 0 Å². The van der Waals surface area contributed by atoms with E-state index in [1.165, 1.54) is 39.3 Å². The van der Waals surface area contributed by atoms with Crippen LogP contribution in [0.25, 0.3) is 11.1 Å². The average molecular weight is 446 g/mol. The second kappa shape index (κ2) is 9.14. The van der Waals surface area contributed by atoms with Crippen LogP contribution in [0.5, 0.6) is 0 Å². The molecular weight excluding hydrogens is 410 g/mol. The Labute approximate surface area is 205 Å². The molecule has 0 amide bonds. The Morgan fingerprint density at radius 3 is 1.59 bits per heavy atom. The summed E-state index contributed by atoms with van der Waals surface area (Å²) in [6, 6.07) is 37.7. The lowest BCUT2D eigenvalue weighted by molar-refractivity contribution is 0.337. The van der Waals surface area contributed by atoms with E-state index < -0.39 is 0 Å². The first-order valence-corrected chi connectivity index (χ1v) is 12.6. The minimum Gasteiger partial charge on any atom is -0.310 e. The predicted molar refractivity (Wildman–Crippen MR) is 146 cm³/mol. The van der Waals surface area contributed by atoms with Crippen molar-refractivity contribution in [2.45, 2.75) is 46.0 Å². The van der Waals surface area contributed by atoms with E-state index in [1.807, 2.05) is 0 Å². The zero-order chi connectivity index (χ0) is 23.7. The number of anilines is 3. The van der Waals surface area contributed by atoms with E-state index in [0.29, 0.717) is 11.8 Å². The highest BCUT2D eigenvalue weighted by atomic mass is 15.1. The number of rotatable bonds is 7. The van der Waals surface area contributed by atoms with Gasteiger partial charge in [-0.2, -0.15) is 0 Å². The molecule has 1 nitrogen and oxygen atoms in total. The van der Waals surface area contributed by atoms with Gasteiger partial charge in [-0.15, -0.1) is 0 Å². The minimum absolute atomic E-state index is 0.0450. The van der Waals surface area contributed by atoms with Crippen molar-refractivity contribution in [2.75, 3.05) is 4.90 Å². The standard InChI is InChI=1S/C33H35N/c1-24(2)22-33(23-25(3)4)31-18-12-11-17-29(31)30-20-19-28(21-32(30)33)34(26-13-7-5-8-14-26)27-15-9-6-10-16-27/h5-21,24-25H,22-23H2,1-4H3. The molecule has 0 spiro atoms. The van der Waals surface area contributed by atoms with Crippen molar-refractivity contribution < 1.29 is 0 Å². The fourth-order valence-corrected chi connectivity index (χ4v) is 6.10. The summed E-state index contributed by atoms with van der Waals surface area (Å²) in [6.07, 6.45) is 2.32. The van der Waals surface area contributed by atoms with Gasteiger partial charge in [-0.3, -0.25) is 0 Å². The van der Waals surface area contributed by atoms with Crippen LogP contribution in [-0.4, -0.2) is 0 Å². The van der Waals surface area contributed by atoms with Gasteiger partial charge in [0, 0.05) is 22.5 Å². The van der Waals surface area contributed by atoms with Gasteiger partial charge < -0.3 is 4.90 Å². The van der Waals surface area contributed by atoms with E-state index in [4.69, 9.17) is 0 Å². The minimum atomic E-state index is 0.0450. The lowest BCUT2D eigenvalue weighted by atomic mass is 9.68. The van der Waals surface area contributed by atoms with E-state index in [2.05, 4.69) is 136 Å². The van der Waals surface area contributed by atoms with Crippen LogP contribution in [0.4, 0.5) is 17.1 Å². The van der Waals surface area contributed by atoms with Crippen LogP contribution in [0.15, 0.2) is 103 Å². The first kappa shape index (κ1) is 22.5. The van der Waals surface area contributed by atoms with Gasteiger partial charge >= 0.3 is 0 Å². The van der Waals surface area contributed by atoms with E-state index in [1.54, 1.807) is 0 Å².